The molecular weight excluding hydrogens is 186 g/mol. The van der Waals surface area contributed by atoms with Crippen LogP contribution in [0.2, 0.25) is 0 Å². The first-order valence-corrected chi connectivity index (χ1v) is 4.85. The first-order chi connectivity index (χ1) is 6.96. The molecule has 0 saturated heterocycles. The van der Waals surface area contributed by atoms with Crippen LogP contribution in [0.1, 0.15) is 20.9 Å². The first-order valence-electron chi connectivity index (χ1n) is 5.00. The van der Waals surface area contributed by atoms with Crippen molar-refractivity contribution < 1.29 is 4.11 Å². The minimum absolute atomic E-state index is 0.370. The van der Waals surface area contributed by atoms with Crippen LogP contribution in [0.3, 0.4) is 0 Å². The van der Waals surface area contributed by atoms with Crippen molar-refractivity contribution in [2.24, 2.45) is 0 Å². The van der Waals surface area contributed by atoms with E-state index in [4.69, 9.17) is 16.3 Å². The molecule has 2 aromatic rings. The summed E-state index contributed by atoms with van der Waals surface area (Å²) in [4.78, 5) is 0.911. The Morgan fingerprint density at radius 1 is 1.75 bits per heavy atom. The Balaban J connectivity index is 2.89. The molecule has 62 valence electrons. The lowest BCUT2D eigenvalue weighted by molar-refractivity contribution is 1.12. The van der Waals surface area contributed by atoms with E-state index in [1.165, 1.54) is 11.3 Å². The number of hydrogen-bond acceptors (Lipinski definition) is 2. The Kier molecular flexibility index (Phi) is 1.15. The Morgan fingerprint density at radius 2 is 2.58 bits per heavy atom. The molecule has 0 fully saturated rings. The molecule has 12 heavy (non-hydrogen) atoms. The van der Waals surface area contributed by atoms with Gasteiger partial charge in [-0.05, 0) is 19.3 Å². The lowest BCUT2D eigenvalue weighted by Gasteiger charge is -1.90. The van der Waals surface area contributed by atoms with Gasteiger partial charge in [0.05, 0.1) is 0 Å². The predicted molar refractivity (Wildman–Crippen MR) is 57.5 cm³/mol. The number of hydrogen-bond donors (Lipinski definition) is 0. The molecule has 0 aliphatic carbocycles. The molecule has 0 bridgehead atoms. The summed E-state index contributed by atoms with van der Waals surface area (Å²) in [5.41, 5.74) is 1.98. The quantitative estimate of drug-likeness (QED) is 0.637. The van der Waals surface area contributed by atoms with Crippen LogP contribution in [0.15, 0.2) is 11.6 Å². The van der Waals surface area contributed by atoms with E-state index < -0.39 is 6.85 Å². The fourth-order valence-electron chi connectivity index (χ4n) is 1.26. The zero-order valence-corrected chi connectivity index (χ0v) is 8.13. The maximum absolute atomic E-state index is 7.49. The fourth-order valence-corrected chi connectivity index (χ4v) is 2.54. The molecule has 0 spiro atoms. The maximum Gasteiger partial charge on any atom is 0.108 e. The molecule has 2 heterocycles. The van der Waals surface area contributed by atoms with Crippen LogP contribution in [0.5, 0.6) is 0 Å². The monoisotopic (exact) mass is 198 g/mol. The van der Waals surface area contributed by atoms with Crippen LogP contribution in [0, 0.1) is 13.8 Å². The van der Waals surface area contributed by atoms with Gasteiger partial charge in [0.15, 0.2) is 0 Å². The number of thiazole rings is 1. The average Bonchev–Trinajstić information content (AvgIpc) is 2.60. The van der Waals surface area contributed by atoms with Crippen LogP contribution < -0.4 is 0 Å². The van der Waals surface area contributed by atoms with E-state index in [1.54, 1.807) is 22.9 Å². The molecule has 0 aliphatic heterocycles. The predicted octanol–water partition coefficient (Wildman–Crippen LogP) is 2.97. The minimum Gasteiger partial charge on any atom is -0.311 e. The molecule has 0 N–H and O–H groups in total. The SMILES string of the molecule is [2H]C([2H])([2H])c1c(C)c(C=S)c2sccn12. The molecule has 2 rings (SSSR count). The van der Waals surface area contributed by atoms with Gasteiger partial charge in [-0.2, -0.15) is 0 Å². The lowest BCUT2D eigenvalue weighted by atomic mass is 10.2. The summed E-state index contributed by atoms with van der Waals surface area (Å²) in [5.74, 6) is 0. The largest absolute Gasteiger partial charge is 0.311 e. The van der Waals surface area contributed by atoms with E-state index in [9.17, 15) is 0 Å². The second-order valence-electron chi connectivity index (χ2n) is 2.58. The number of aromatic nitrogens is 1. The summed E-state index contributed by atoms with van der Waals surface area (Å²) in [6.07, 6.45) is 1.77. The van der Waals surface area contributed by atoms with Gasteiger partial charge in [0.1, 0.15) is 4.83 Å². The van der Waals surface area contributed by atoms with Crippen LogP contribution >= 0.6 is 23.6 Å². The van der Waals surface area contributed by atoms with Gasteiger partial charge >= 0.3 is 0 Å². The average molecular weight is 198 g/mol. The lowest BCUT2D eigenvalue weighted by Crippen LogP contribution is -1.81. The van der Waals surface area contributed by atoms with Gasteiger partial charge in [0.25, 0.3) is 0 Å². The van der Waals surface area contributed by atoms with Crippen molar-refractivity contribution in [2.45, 2.75) is 13.8 Å². The Hall–Kier alpha value is -0.670. The summed E-state index contributed by atoms with van der Waals surface area (Å²) in [7, 11) is 0. The summed E-state index contributed by atoms with van der Waals surface area (Å²) >= 11 is 6.42. The molecule has 0 atom stereocenters. The number of rotatable bonds is 1. The van der Waals surface area contributed by atoms with Gasteiger partial charge < -0.3 is 4.40 Å². The molecular formula is C9H9NS2. The smallest absolute Gasteiger partial charge is 0.108 e. The Bertz CT molecular complexity index is 521. The van der Waals surface area contributed by atoms with E-state index in [-0.39, 0.29) is 0 Å². The summed E-state index contributed by atoms with van der Waals surface area (Å²) < 4.78 is 24.2. The van der Waals surface area contributed by atoms with Crippen molar-refractivity contribution in [3.63, 3.8) is 0 Å². The molecule has 2 aromatic heterocycles. The Labute approximate surface area is 84.9 Å². The molecule has 0 aromatic carbocycles. The zero-order chi connectivity index (χ0) is 11.2. The number of aryl methyl sites for hydroxylation is 1. The molecule has 0 aliphatic rings. The van der Waals surface area contributed by atoms with Gasteiger partial charge in [-0.3, -0.25) is 0 Å². The normalized spacial score (nSPS) is 15.6. The van der Waals surface area contributed by atoms with Gasteiger partial charge in [-0.15, -0.1) is 11.3 Å². The van der Waals surface area contributed by atoms with Crippen molar-refractivity contribution in [3.05, 3.63) is 28.4 Å². The molecule has 1 nitrogen and oxygen atoms in total. The highest BCUT2D eigenvalue weighted by Gasteiger charge is 2.09. The summed E-state index contributed by atoms with van der Waals surface area (Å²) in [5, 5.41) is 3.42. The van der Waals surface area contributed by atoms with E-state index in [2.05, 4.69) is 0 Å². The first kappa shape index (κ1) is 5.14. The highest BCUT2D eigenvalue weighted by Crippen LogP contribution is 2.24. The van der Waals surface area contributed by atoms with E-state index in [0.717, 1.165) is 16.0 Å². The standard InChI is InChI=1S/C9H9NS2/c1-6-7(2)10-3-4-12-9(10)8(6)5-11/h3-5H,1-2H3/i2D3. The van der Waals surface area contributed by atoms with E-state index in [1.807, 2.05) is 5.38 Å². The van der Waals surface area contributed by atoms with Crippen molar-refractivity contribution in [1.29, 1.82) is 0 Å². The van der Waals surface area contributed by atoms with Crippen LogP contribution in [-0.4, -0.2) is 9.77 Å². The van der Waals surface area contributed by atoms with Crippen LogP contribution in [-0.2, 0) is 0 Å². The fraction of sp³-hybridized carbons (Fsp3) is 0.222. The van der Waals surface area contributed by atoms with Gasteiger partial charge in [-0.25, -0.2) is 0 Å². The number of fused-ring (bicyclic) bond motifs is 1. The topological polar surface area (TPSA) is 4.41 Å². The van der Waals surface area contributed by atoms with E-state index >= 15 is 0 Å². The van der Waals surface area contributed by atoms with Crippen molar-refractivity contribution in [3.8, 4) is 0 Å². The second-order valence-corrected chi connectivity index (χ2v) is 3.71. The van der Waals surface area contributed by atoms with Gasteiger partial charge in [-0.1, -0.05) is 12.2 Å². The van der Waals surface area contributed by atoms with Gasteiger partial charge in [0, 0.05) is 32.3 Å². The molecule has 0 unspecified atom stereocenters. The van der Waals surface area contributed by atoms with Crippen molar-refractivity contribution in [2.75, 3.05) is 0 Å². The minimum atomic E-state index is -2.09. The van der Waals surface area contributed by atoms with E-state index in [0.29, 0.717) is 5.69 Å². The molecule has 0 amide bonds. The highest BCUT2D eigenvalue weighted by atomic mass is 32.1. The van der Waals surface area contributed by atoms with Crippen molar-refractivity contribution >= 4 is 33.8 Å². The molecule has 0 radical (unpaired) electrons. The van der Waals surface area contributed by atoms with Crippen LogP contribution in [0.4, 0.5) is 0 Å². The Morgan fingerprint density at radius 3 is 3.25 bits per heavy atom. The zero-order valence-electron chi connectivity index (χ0n) is 9.50. The third-order valence-corrected chi connectivity index (χ3v) is 3.09. The highest BCUT2D eigenvalue weighted by molar-refractivity contribution is 7.79. The number of nitrogens with zero attached hydrogens (tertiary/aromatic N) is 1. The third kappa shape index (κ3) is 0.867. The summed E-state index contributed by atoms with van der Waals surface area (Å²) in [6, 6.07) is 0. The second kappa shape index (κ2) is 2.68. The maximum atomic E-state index is 7.49. The van der Waals surface area contributed by atoms with Gasteiger partial charge in [0.2, 0.25) is 0 Å². The third-order valence-electron chi connectivity index (χ3n) is 1.96. The summed E-state index contributed by atoms with van der Waals surface area (Å²) in [6.45, 7) is -0.287. The molecule has 0 saturated carbocycles. The molecule has 3 heteroatoms. The van der Waals surface area contributed by atoms with Crippen molar-refractivity contribution in [1.82, 2.24) is 4.40 Å². The van der Waals surface area contributed by atoms with Crippen LogP contribution in [0.25, 0.3) is 4.83 Å². The number of thiocarbonyl (C=S) groups is 1.